The van der Waals surface area contributed by atoms with E-state index in [0.717, 1.165) is 46.9 Å². The molecule has 0 atom stereocenters. The lowest BCUT2D eigenvalue weighted by molar-refractivity contribution is 0.937. The van der Waals surface area contributed by atoms with Crippen molar-refractivity contribution in [3.05, 3.63) is 48.3 Å². The molecule has 106 valence electrons. The van der Waals surface area contributed by atoms with E-state index in [4.69, 9.17) is 4.98 Å². The number of anilines is 1. The molecule has 0 fully saturated rings. The van der Waals surface area contributed by atoms with Gasteiger partial charge in [-0.15, -0.1) is 0 Å². The normalized spacial score (nSPS) is 10.8. The first-order valence-corrected chi connectivity index (χ1v) is 7.28. The molecule has 2 aromatic heterocycles. The third kappa shape index (κ3) is 2.84. The number of rotatable bonds is 4. The topological polar surface area (TPSA) is 50.7 Å². The lowest BCUT2D eigenvalue weighted by Crippen LogP contribution is -2.04. The predicted octanol–water partition coefficient (Wildman–Crippen LogP) is 3.69. The molecule has 0 aliphatic rings. The van der Waals surface area contributed by atoms with E-state index in [-0.39, 0.29) is 0 Å². The van der Waals surface area contributed by atoms with Crippen molar-refractivity contribution in [1.82, 2.24) is 15.0 Å². The third-order valence-corrected chi connectivity index (χ3v) is 3.31. The predicted molar refractivity (Wildman–Crippen MR) is 86.3 cm³/mol. The van der Waals surface area contributed by atoms with Crippen molar-refractivity contribution in [2.24, 2.45) is 0 Å². The fourth-order valence-electron chi connectivity index (χ4n) is 2.27. The monoisotopic (exact) mass is 278 g/mol. The van der Waals surface area contributed by atoms with E-state index in [1.807, 2.05) is 30.3 Å². The van der Waals surface area contributed by atoms with Crippen molar-refractivity contribution in [3.63, 3.8) is 0 Å². The summed E-state index contributed by atoms with van der Waals surface area (Å²) < 4.78 is 0. The SMILES string of the molecule is CCNc1cc(-c2ccc3ccccc3n2)nc(CC)n1. The summed E-state index contributed by atoms with van der Waals surface area (Å²) in [7, 11) is 0. The Balaban J connectivity index is 2.10. The zero-order valence-electron chi connectivity index (χ0n) is 12.3. The first-order valence-electron chi connectivity index (χ1n) is 7.28. The number of fused-ring (bicyclic) bond motifs is 1. The van der Waals surface area contributed by atoms with Gasteiger partial charge in [0.25, 0.3) is 0 Å². The van der Waals surface area contributed by atoms with Crippen LogP contribution in [0.3, 0.4) is 0 Å². The van der Waals surface area contributed by atoms with Gasteiger partial charge in [-0.25, -0.2) is 15.0 Å². The van der Waals surface area contributed by atoms with Crippen LogP contribution in [0, 0.1) is 0 Å². The van der Waals surface area contributed by atoms with Gasteiger partial charge in [0.1, 0.15) is 11.6 Å². The molecule has 0 radical (unpaired) electrons. The Morgan fingerprint density at radius 1 is 0.905 bits per heavy atom. The molecule has 3 aromatic rings. The lowest BCUT2D eigenvalue weighted by Gasteiger charge is -2.08. The second kappa shape index (κ2) is 5.87. The molecule has 0 amide bonds. The molecule has 0 aliphatic carbocycles. The largest absolute Gasteiger partial charge is 0.370 e. The summed E-state index contributed by atoms with van der Waals surface area (Å²) in [6.07, 6.45) is 0.805. The molecule has 0 saturated heterocycles. The minimum Gasteiger partial charge on any atom is -0.370 e. The van der Waals surface area contributed by atoms with Crippen LogP contribution in [0.1, 0.15) is 19.7 Å². The molecule has 0 aliphatic heterocycles. The van der Waals surface area contributed by atoms with Crippen molar-refractivity contribution in [1.29, 1.82) is 0 Å². The van der Waals surface area contributed by atoms with E-state index in [0.29, 0.717) is 0 Å². The molecule has 0 bridgehead atoms. The van der Waals surface area contributed by atoms with Crippen LogP contribution >= 0.6 is 0 Å². The van der Waals surface area contributed by atoms with Gasteiger partial charge in [0.2, 0.25) is 0 Å². The Morgan fingerprint density at radius 3 is 2.57 bits per heavy atom. The summed E-state index contributed by atoms with van der Waals surface area (Å²) >= 11 is 0. The quantitative estimate of drug-likeness (QED) is 0.791. The van der Waals surface area contributed by atoms with E-state index in [1.54, 1.807) is 0 Å². The molecule has 1 N–H and O–H groups in total. The van der Waals surface area contributed by atoms with Crippen molar-refractivity contribution in [3.8, 4) is 11.4 Å². The average Bonchev–Trinajstić information content (AvgIpc) is 2.54. The van der Waals surface area contributed by atoms with E-state index in [2.05, 4.69) is 41.3 Å². The molecule has 21 heavy (non-hydrogen) atoms. The van der Waals surface area contributed by atoms with Crippen LogP contribution in [0.15, 0.2) is 42.5 Å². The van der Waals surface area contributed by atoms with E-state index >= 15 is 0 Å². The zero-order valence-corrected chi connectivity index (χ0v) is 12.3. The third-order valence-electron chi connectivity index (χ3n) is 3.31. The Hall–Kier alpha value is -2.49. The van der Waals surface area contributed by atoms with Crippen LogP contribution in [-0.2, 0) is 6.42 Å². The Labute approximate surface area is 124 Å². The van der Waals surface area contributed by atoms with Gasteiger partial charge in [0.15, 0.2) is 0 Å². The standard InChI is InChI=1S/C17H18N4/c1-3-16-20-15(11-17(21-16)18-4-2)14-10-9-12-7-5-6-8-13(12)19-14/h5-11H,3-4H2,1-2H3,(H,18,20,21). The number of aryl methyl sites for hydroxylation is 1. The summed E-state index contributed by atoms with van der Waals surface area (Å²) in [5, 5.41) is 4.39. The number of hydrogen-bond donors (Lipinski definition) is 1. The maximum Gasteiger partial charge on any atom is 0.131 e. The highest BCUT2D eigenvalue weighted by Gasteiger charge is 2.07. The maximum atomic E-state index is 4.70. The van der Waals surface area contributed by atoms with Crippen LogP contribution in [0.5, 0.6) is 0 Å². The van der Waals surface area contributed by atoms with Gasteiger partial charge in [0.05, 0.1) is 16.9 Å². The zero-order chi connectivity index (χ0) is 14.7. The fraction of sp³-hybridized carbons (Fsp3) is 0.235. The van der Waals surface area contributed by atoms with Crippen LogP contribution in [0.4, 0.5) is 5.82 Å². The van der Waals surface area contributed by atoms with Crippen LogP contribution < -0.4 is 5.32 Å². The summed E-state index contributed by atoms with van der Waals surface area (Å²) in [5.74, 6) is 1.69. The molecule has 1 aromatic carbocycles. The van der Waals surface area contributed by atoms with Crippen molar-refractivity contribution < 1.29 is 0 Å². The summed E-state index contributed by atoms with van der Waals surface area (Å²) in [6, 6.07) is 14.2. The van der Waals surface area contributed by atoms with Gasteiger partial charge in [-0.3, -0.25) is 0 Å². The minimum absolute atomic E-state index is 0.805. The number of para-hydroxylation sites is 1. The molecule has 0 spiro atoms. The molecule has 4 heteroatoms. The number of nitrogens with one attached hydrogen (secondary N) is 1. The van der Waals surface area contributed by atoms with Crippen LogP contribution in [0.2, 0.25) is 0 Å². The summed E-state index contributed by atoms with van der Waals surface area (Å²) in [5.41, 5.74) is 2.73. The number of hydrogen-bond acceptors (Lipinski definition) is 4. The van der Waals surface area contributed by atoms with E-state index in [1.165, 1.54) is 0 Å². The van der Waals surface area contributed by atoms with Crippen molar-refractivity contribution in [2.45, 2.75) is 20.3 Å². The Kier molecular flexibility index (Phi) is 3.77. The molecule has 4 nitrogen and oxygen atoms in total. The van der Waals surface area contributed by atoms with Gasteiger partial charge in [-0.2, -0.15) is 0 Å². The molecule has 0 saturated carbocycles. The first kappa shape index (κ1) is 13.5. The van der Waals surface area contributed by atoms with Gasteiger partial charge in [0, 0.05) is 24.4 Å². The molecular formula is C17H18N4. The maximum absolute atomic E-state index is 4.70. The summed E-state index contributed by atoms with van der Waals surface area (Å²) in [6.45, 7) is 4.95. The van der Waals surface area contributed by atoms with Crippen molar-refractivity contribution >= 4 is 16.7 Å². The summed E-state index contributed by atoms with van der Waals surface area (Å²) in [4.78, 5) is 13.8. The number of pyridine rings is 1. The highest BCUT2D eigenvalue weighted by molar-refractivity contribution is 5.81. The van der Waals surface area contributed by atoms with Gasteiger partial charge < -0.3 is 5.32 Å². The Morgan fingerprint density at radius 2 is 1.76 bits per heavy atom. The highest BCUT2D eigenvalue weighted by atomic mass is 15.0. The van der Waals surface area contributed by atoms with Crippen LogP contribution in [0.25, 0.3) is 22.3 Å². The number of aromatic nitrogens is 3. The van der Waals surface area contributed by atoms with E-state index in [9.17, 15) is 0 Å². The minimum atomic E-state index is 0.805. The Bertz CT molecular complexity index is 768. The number of benzene rings is 1. The second-order valence-corrected chi connectivity index (χ2v) is 4.83. The molecular weight excluding hydrogens is 260 g/mol. The van der Waals surface area contributed by atoms with Gasteiger partial charge in [-0.1, -0.05) is 31.2 Å². The van der Waals surface area contributed by atoms with Crippen molar-refractivity contribution in [2.75, 3.05) is 11.9 Å². The van der Waals surface area contributed by atoms with Crippen LogP contribution in [-0.4, -0.2) is 21.5 Å². The second-order valence-electron chi connectivity index (χ2n) is 4.83. The van der Waals surface area contributed by atoms with Gasteiger partial charge in [-0.05, 0) is 19.1 Å². The molecule has 2 heterocycles. The van der Waals surface area contributed by atoms with Gasteiger partial charge >= 0.3 is 0 Å². The van der Waals surface area contributed by atoms with E-state index < -0.39 is 0 Å². The first-order chi connectivity index (χ1) is 10.3. The lowest BCUT2D eigenvalue weighted by atomic mass is 10.1. The number of nitrogens with zero attached hydrogens (tertiary/aromatic N) is 3. The fourth-order valence-corrected chi connectivity index (χ4v) is 2.27. The average molecular weight is 278 g/mol. The highest BCUT2D eigenvalue weighted by Crippen LogP contribution is 2.21. The smallest absolute Gasteiger partial charge is 0.131 e. The molecule has 0 unspecified atom stereocenters. The molecule has 3 rings (SSSR count).